The Hall–Kier alpha value is -0.560. The van der Waals surface area contributed by atoms with E-state index in [4.69, 9.17) is 0 Å². The van der Waals surface area contributed by atoms with E-state index < -0.39 is 0 Å². The number of hydrogen-bond acceptors (Lipinski definition) is 0. The van der Waals surface area contributed by atoms with Crippen molar-refractivity contribution in [3.8, 4) is 0 Å². The van der Waals surface area contributed by atoms with Gasteiger partial charge in [-0.25, -0.2) is 0 Å². The van der Waals surface area contributed by atoms with Gasteiger partial charge in [0.05, 0.1) is 0 Å². The van der Waals surface area contributed by atoms with Crippen LogP contribution in [0.4, 0.5) is 0 Å². The number of rotatable bonds is 0. The van der Waals surface area contributed by atoms with Crippen LogP contribution in [-0.2, 0) is 6.42 Å². The molecule has 1 radical (unpaired) electrons. The summed E-state index contributed by atoms with van der Waals surface area (Å²) in [4.78, 5) is 0. The molecule has 0 unspecified atom stereocenters. The third-order valence-corrected chi connectivity index (χ3v) is 2.70. The second-order valence-corrected chi connectivity index (χ2v) is 3.46. The second kappa shape index (κ2) is 3.90. The van der Waals surface area contributed by atoms with Crippen molar-refractivity contribution in [3.63, 3.8) is 0 Å². The molecule has 0 N–H and O–H groups in total. The molecular formula is C13H10Na. The van der Waals surface area contributed by atoms with E-state index in [1.807, 2.05) is 0 Å². The van der Waals surface area contributed by atoms with Gasteiger partial charge >= 0.3 is 0 Å². The Morgan fingerprint density at radius 2 is 1.79 bits per heavy atom. The fourth-order valence-electron chi connectivity index (χ4n) is 2.04. The smallest absolute Gasteiger partial charge is 0 e. The average molecular weight is 189 g/mol. The molecule has 2 aromatic carbocycles. The maximum absolute atomic E-state index is 2.23. The van der Waals surface area contributed by atoms with Crippen LogP contribution < -0.4 is 0 Å². The van der Waals surface area contributed by atoms with Gasteiger partial charge in [-0.15, -0.1) is 0 Å². The summed E-state index contributed by atoms with van der Waals surface area (Å²) in [7, 11) is 0. The Bertz CT molecular complexity index is 498. The molecule has 0 spiro atoms. The van der Waals surface area contributed by atoms with Gasteiger partial charge < -0.3 is 0 Å². The summed E-state index contributed by atoms with van der Waals surface area (Å²) in [6.07, 6.45) is 5.54. The van der Waals surface area contributed by atoms with E-state index in [1.165, 1.54) is 21.9 Å². The van der Waals surface area contributed by atoms with Crippen molar-refractivity contribution < 1.29 is 0 Å². The maximum atomic E-state index is 2.23. The van der Waals surface area contributed by atoms with Crippen molar-refractivity contribution in [1.82, 2.24) is 0 Å². The second-order valence-electron chi connectivity index (χ2n) is 3.46. The van der Waals surface area contributed by atoms with Crippen LogP contribution in [0.5, 0.6) is 0 Å². The molecule has 0 amide bonds. The standard InChI is InChI=1S/C13H10.Na/c1-2-6-12-10(4-1)8-9-11-5-3-7-13(11)12;/h1-6,8-9H,7H2;. The van der Waals surface area contributed by atoms with Crippen molar-refractivity contribution in [2.75, 3.05) is 0 Å². The van der Waals surface area contributed by atoms with E-state index >= 15 is 0 Å². The predicted molar refractivity (Wildman–Crippen MR) is 62.4 cm³/mol. The summed E-state index contributed by atoms with van der Waals surface area (Å²) < 4.78 is 0. The SMILES string of the molecule is C1=Cc2ccc3ccccc3c2C1.[Na]. The monoisotopic (exact) mass is 189 g/mol. The molecule has 0 bridgehead atoms. The first-order chi connectivity index (χ1) is 6.45. The number of allylic oxidation sites excluding steroid dienone is 1. The minimum atomic E-state index is 0. The zero-order valence-electron chi connectivity index (χ0n) is 8.33. The molecule has 0 heterocycles. The van der Waals surface area contributed by atoms with E-state index in [1.54, 1.807) is 0 Å². The third-order valence-electron chi connectivity index (χ3n) is 2.70. The average Bonchev–Trinajstić information content (AvgIpc) is 2.65. The van der Waals surface area contributed by atoms with Gasteiger partial charge in [0.1, 0.15) is 0 Å². The summed E-state index contributed by atoms with van der Waals surface area (Å²) in [6, 6.07) is 13.0. The first kappa shape index (κ1) is 9.97. The maximum Gasteiger partial charge on any atom is 0 e. The molecule has 63 valence electrons. The summed E-state index contributed by atoms with van der Waals surface area (Å²) in [5.41, 5.74) is 2.87. The van der Waals surface area contributed by atoms with Crippen molar-refractivity contribution in [2.24, 2.45) is 0 Å². The molecule has 0 saturated carbocycles. The molecule has 0 fully saturated rings. The van der Waals surface area contributed by atoms with Gasteiger partial charge in [0.2, 0.25) is 0 Å². The van der Waals surface area contributed by atoms with Crippen LogP contribution in [0.2, 0.25) is 0 Å². The zero-order chi connectivity index (χ0) is 8.67. The predicted octanol–water partition coefficient (Wildman–Crippen LogP) is 3.03. The largest absolute Gasteiger partial charge is 0.0795 e. The molecule has 0 atom stereocenters. The van der Waals surface area contributed by atoms with Crippen LogP contribution >= 0.6 is 0 Å². The van der Waals surface area contributed by atoms with E-state index in [2.05, 4.69) is 48.6 Å². The normalized spacial score (nSPS) is 12.6. The summed E-state index contributed by atoms with van der Waals surface area (Å²) >= 11 is 0. The Labute approximate surface area is 106 Å². The number of fused-ring (bicyclic) bond motifs is 3. The van der Waals surface area contributed by atoms with Crippen LogP contribution in [0.3, 0.4) is 0 Å². The van der Waals surface area contributed by atoms with Crippen LogP contribution in [-0.4, -0.2) is 29.6 Å². The van der Waals surface area contributed by atoms with Gasteiger partial charge in [-0.2, -0.15) is 0 Å². The summed E-state index contributed by atoms with van der Waals surface area (Å²) in [5, 5.41) is 2.76. The third kappa shape index (κ3) is 1.44. The summed E-state index contributed by atoms with van der Waals surface area (Å²) in [5.74, 6) is 0. The molecule has 0 aliphatic heterocycles. The molecule has 0 aromatic heterocycles. The molecule has 1 aliphatic rings. The first-order valence-corrected chi connectivity index (χ1v) is 4.62. The van der Waals surface area contributed by atoms with Crippen molar-refractivity contribution in [2.45, 2.75) is 6.42 Å². The number of benzene rings is 2. The van der Waals surface area contributed by atoms with Gasteiger partial charge in [-0.3, -0.25) is 0 Å². The Morgan fingerprint density at radius 1 is 0.929 bits per heavy atom. The van der Waals surface area contributed by atoms with Gasteiger partial charge in [-0.05, 0) is 28.3 Å². The molecule has 1 heteroatoms. The minimum Gasteiger partial charge on any atom is -0.0795 e. The molecule has 1 aliphatic carbocycles. The van der Waals surface area contributed by atoms with Crippen molar-refractivity contribution in [1.29, 1.82) is 0 Å². The van der Waals surface area contributed by atoms with Gasteiger partial charge in [-0.1, -0.05) is 48.6 Å². The first-order valence-electron chi connectivity index (χ1n) is 4.62. The quantitative estimate of drug-likeness (QED) is 0.559. The Balaban J connectivity index is 0.000000750. The zero-order valence-corrected chi connectivity index (χ0v) is 10.3. The van der Waals surface area contributed by atoms with Gasteiger partial charge in [0.15, 0.2) is 0 Å². The van der Waals surface area contributed by atoms with Crippen LogP contribution in [0.15, 0.2) is 42.5 Å². The molecule has 0 saturated heterocycles. The molecule has 3 rings (SSSR count). The Morgan fingerprint density at radius 3 is 2.71 bits per heavy atom. The van der Waals surface area contributed by atoms with Crippen molar-refractivity contribution in [3.05, 3.63) is 53.6 Å². The van der Waals surface area contributed by atoms with Crippen LogP contribution in [0, 0.1) is 0 Å². The molecular weight excluding hydrogens is 179 g/mol. The summed E-state index contributed by atoms with van der Waals surface area (Å²) in [6.45, 7) is 0. The molecule has 2 aromatic rings. The Kier molecular flexibility index (Phi) is 2.78. The van der Waals surface area contributed by atoms with Gasteiger partial charge in [0, 0.05) is 29.6 Å². The van der Waals surface area contributed by atoms with Crippen LogP contribution in [0.1, 0.15) is 11.1 Å². The topological polar surface area (TPSA) is 0 Å². The van der Waals surface area contributed by atoms with Crippen LogP contribution in [0.25, 0.3) is 16.8 Å². The van der Waals surface area contributed by atoms with E-state index in [-0.39, 0.29) is 29.6 Å². The minimum absolute atomic E-state index is 0. The van der Waals surface area contributed by atoms with Gasteiger partial charge in [0.25, 0.3) is 0 Å². The number of hydrogen-bond donors (Lipinski definition) is 0. The van der Waals surface area contributed by atoms with E-state index in [0.717, 1.165) is 6.42 Å². The molecule has 14 heavy (non-hydrogen) atoms. The molecule has 0 nitrogen and oxygen atoms in total. The van der Waals surface area contributed by atoms with E-state index in [9.17, 15) is 0 Å². The van der Waals surface area contributed by atoms with Crippen molar-refractivity contribution >= 4 is 46.4 Å². The fourth-order valence-corrected chi connectivity index (χ4v) is 2.04. The fraction of sp³-hybridized carbons (Fsp3) is 0.0769. The van der Waals surface area contributed by atoms with E-state index in [0.29, 0.717) is 0 Å².